The first-order valence-electron chi connectivity index (χ1n) is 7.87. The molecule has 0 saturated carbocycles. The number of aromatic nitrogens is 1. The maximum absolute atomic E-state index is 12.0. The minimum atomic E-state index is -0.124. The number of thiazole rings is 1. The van der Waals surface area contributed by atoms with Gasteiger partial charge in [-0.2, -0.15) is 0 Å². The Labute approximate surface area is 140 Å². The second-order valence-electron chi connectivity index (χ2n) is 5.44. The van der Waals surface area contributed by atoms with Crippen LogP contribution in [0.3, 0.4) is 0 Å². The molecule has 0 atom stereocenters. The number of benzene rings is 1. The van der Waals surface area contributed by atoms with Crippen molar-refractivity contribution >= 4 is 17.2 Å². The zero-order chi connectivity index (χ0) is 16.1. The summed E-state index contributed by atoms with van der Waals surface area (Å²) >= 11 is 1.69. The van der Waals surface area contributed by atoms with Crippen molar-refractivity contribution in [3.63, 3.8) is 0 Å². The number of hydrogen-bond acceptors (Lipinski definition) is 4. The molecule has 23 heavy (non-hydrogen) atoms. The smallest absolute Gasteiger partial charge is 0.286 e. The first-order valence-corrected chi connectivity index (χ1v) is 8.68. The van der Waals surface area contributed by atoms with Gasteiger partial charge in [0.15, 0.2) is 5.76 Å². The Bertz CT molecular complexity index is 707. The molecular weight excluding hydrogens is 308 g/mol. The van der Waals surface area contributed by atoms with E-state index in [0.29, 0.717) is 18.9 Å². The maximum atomic E-state index is 12.0. The molecule has 1 aromatic carbocycles. The summed E-state index contributed by atoms with van der Waals surface area (Å²) in [6.07, 6.45) is 4.49. The van der Waals surface area contributed by atoms with Crippen LogP contribution in [-0.4, -0.2) is 24.0 Å². The molecule has 0 bridgehead atoms. The SMILES string of the molecule is Cc1sc(CCNC(=O)C2=CCCCO2)nc1-c1ccccc1. The van der Waals surface area contributed by atoms with Crippen LogP contribution in [-0.2, 0) is 16.0 Å². The Balaban J connectivity index is 1.57. The molecule has 1 N–H and O–H groups in total. The molecule has 4 nitrogen and oxygen atoms in total. The number of amides is 1. The average molecular weight is 328 g/mol. The molecule has 2 heterocycles. The molecule has 5 heteroatoms. The number of nitrogens with zero attached hydrogens (tertiary/aromatic N) is 1. The van der Waals surface area contributed by atoms with E-state index in [9.17, 15) is 4.79 Å². The Hall–Kier alpha value is -2.14. The average Bonchev–Trinajstić information content (AvgIpc) is 2.97. The van der Waals surface area contributed by atoms with Gasteiger partial charge in [0.05, 0.1) is 17.3 Å². The van der Waals surface area contributed by atoms with Crippen LogP contribution in [0.15, 0.2) is 42.2 Å². The summed E-state index contributed by atoms with van der Waals surface area (Å²) in [7, 11) is 0. The molecule has 1 aromatic heterocycles. The summed E-state index contributed by atoms with van der Waals surface area (Å²) in [5.74, 6) is 0.331. The van der Waals surface area contributed by atoms with E-state index in [4.69, 9.17) is 9.72 Å². The Morgan fingerprint density at radius 2 is 2.17 bits per heavy atom. The van der Waals surface area contributed by atoms with Crippen molar-refractivity contribution < 1.29 is 9.53 Å². The lowest BCUT2D eigenvalue weighted by atomic mass is 10.1. The van der Waals surface area contributed by atoms with Crippen LogP contribution in [0.5, 0.6) is 0 Å². The molecule has 1 aliphatic heterocycles. The van der Waals surface area contributed by atoms with Crippen molar-refractivity contribution in [2.24, 2.45) is 0 Å². The summed E-state index contributed by atoms with van der Waals surface area (Å²) in [5, 5.41) is 3.95. The van der Waals surface area contributed by atoms with E-state index in [-0.39, 0.29) is 5.91 Å². The van der Waals surface area contributed by atoms with Crippen molar-refractivity contribution in [3.05, 3.63) is 52.1 Å². The molecular formula is C18H20N2O2S. The van der Waals surface area contributed by atoms with Gasteiger partial charge in [-0.25, -0.2) is 4.98 Å². The van der Waals surface area contributed by atoms with Crippen LogP contribution in [0.4, 0.5) is 0 Å². The second kappa shape index (κ2) is 7.42. The molecule has 1 aliphatic rings. The van der Waals surface area contributed by atoms with E-state index in [1.165, 1.54) is 4.88 Å². The number of nitrogens with one attached hydrogen (secondary N) is 1. The van der Waals surface area contributed by atoms with Gasteiger partial charge in [-0.1, -0.05) is 30.3 Å². The number of aryl methyl sites for hydroxylation is 1. The topological polar surface area (TPSA) is 51.2 Å². The van der Waals surface area contributed by atoms with Gasteiger partial charge < -0.3 is 10.1 Å². The standard InChI is InChI=1S/C18H20N2O2S/c1-13-17(14-7-3-2-4-8-14)20-16(23-13)10-11-19-18(21)15-9-5-6-12-22-15/h2-4,7-9H,5-6,10-12H2,1H3,(H,19,21). The summed E-state index contributed by atoms with van der Waals surface area (Å²) in [4.78, 5) is 17.9. The van der Waals surface area contributed by atoms with Crippen molar-refractivity contribution in [3.8, 4) is 11.3 Å². The van der Waals surface area contributed by atoms with Crippen LogP contribution in [0.25, 0.3) is 11.3 Å². The lowest BCUT2D eigenvalue weighted by Gasteiger charge is -2.14. The summed E-state index contributed by atoms with van der Waals surface area (Å²) < 4.78 is 5.36. The van der Waals surface area contributed by atoms with Gasteiger partial charge in [-0.05, 0) is 25.8 Å². The van der Waals surface area contributed by atoms with Crippen LogP contribution in [0.2, 0.25) is 0 Å². The molecule has 0 fully saturated rings. The number of allylic oxidation sites excluding steroid dienone is 1. The molecule has 0 unspecified atom stereocenters. The minimum absolute atomic E-state index is 0.124. The highest BCUT2D eigenvalue weighted by Crippen LogP contribution is 2.27. The zero-order valence-corrected chi connectivity index (χ0v) is 14.0. The highest BCUT2D eigenvalue weighted by atomic mass is 32.1. The lowest BCUT2D eigenvalue weighted by Crippen LogP contribution is -2.29. The van der Waals surface area contributed by atoms with Crippen LogP contribution in [0, 0.1) is 6.92 Å². The normalized spacial score (nSPS) is 14.0. The maximum Gasteiger partial charge on any atom is 0.286 e. The van der Waals surface area contributed by atoms with Gasteiger partial charge >= 0.3 is 0 Å². The van der Waals surface area contributed by atoms with Crippen molar-refractivity contribution in [2.45, 2.75) is 26.2 Å². The van der Waals surface area contributed by atoms with Crippen LogP contribution < -0.4 is 5.32 Å². The van der Waals surface area contributed by atoms with E-state index < -0.39 is 0 Å². The molecule has 1 amide bonds. The van der Waals surface area contributed by atoms with E-state index >= 15 is 0 Å². The van der Waals surface area contributed by atoms with Gasteiger partial charge in [0.1, 0.15) is 0 Å². The number of hydrogen-bond donors (Lipinski definition) is 1. The number of rotatable bonds is 5. The summed E-state index contributed by atoms with van der Waals surface area (Å²) in [6, 6.07) is 10.2. The number of carbonyl (C=O) groups is 1. The minimum Gasteiger partial charge on any atom is -0.488 e. The third kappa shape index (κ3) is 3.99. The third-order valence-corrected chi connectivity index (χ3v) is 4.70. The van der Waals surface area contributed by atoms with E-state index in [1.807, 2.05) is 24.3 Å². The molecule has 0 saturated heterocycles. The first-order chi connectivity index (χ1) is 11.2. The van der Waals surface area contributed by atoms with E-state index in [1.54, 1.807) is 11.3 Å². The predicted molar refractivity (Wildman–Crippen MR) is 92.3 cm³/mol. The molecule has 3 rings (SSSR count). The Morgan fingerprint density at radius 3 is 2.91 bits per heavy atom. The molecule has 0 radical (unpaired) electrons. The van der Waals surface area contributed by atoms with Crippen LogP contribution >= 0.6 is 11.3 Å². The Kier molecular flexibility index (Phi) is 5.08. The van der Waals surface area contributed by atoms with E-state index in [0.717, 1.165) is 35.5 Å². The number of carbonyl (C=O) groups excluding carboxylic acids is 1. The van der Waals surface area contributed by atoms with Gasteiger partial charge in [0.25, 0.3) is 5.91 Å². The van der Waals surface area contributed by atoms with Crippen LogP contribution in [0.1, 0.15) is 22.7 Å². The monoisotopic (exact) mass is 328 g/mol. The second-order valence-corrected chi connectivity index (χ2v) is 6.73. The molecule has 0 spiro atoms. The van der Waals surface area contributed by atoms with Gasteiger partial charge in [0, 0.05) is 23.4 Å². The van der Waals surface area contributed by atoms with Gasteiger partial charge in [0.2, 0.25) is 0 Å². The first kappa shape index (κ1) is 15.7. The highest BCUT2D eigenvalue weighted by Gasteiger charge is 2.14. The van der Waals surface area contributed by atoms with Gasteiger partial charge in [-0.15, -0.1) is 11.3 Å². The zero-order valence-electron chi connectivity index (χ0n) is 13.2. The number of ether oxygens (including phenoxy) is 1. The molecule has 120 valence electrons. The predicted octanol–water partition coefficient (Wildman–Crippen LogP) is 3.47. The van der Waals surface area contributed by atoms with Crippen molar-refractivity contribution in [1.82, 2.24) is 10.3 Å². The fourth-order valence-corrected chi connectivity index (χ4v) is 3.46. The van der Waals surface area contributed by atoms with Crippen molar-refractivity contribution in [2.75, 3.05) is 13.2 Å². The summed E-state index contributed by atoms with van der Waals surface area (Å²) in [5.41, 5.74) is 2.17. The largest absolute Gasteiger partial charge is 0.488 e. The lowest BCUT2D eigenvalue weighted by molar-refractivity contribution is -0.121. The molecule has 0 aliphatic carbocycles. The fourth-order valence-electron chi connectivity index (χ4n) is 2.51. The van der Waals surface area contributed by atoms with Crippen molar-refractivity contribution in [1.29, 1.82) is 0 Å². The summed E-state index contributed by atoms with van der Waals surface area (Å²) in [6.45, 7) is 3.29. The quantitative estimate of drug-likeness (QED) is 0.914. The van der Waals surface area contributed by atoms with Gasteiger partial charge in [-0.3, -0.25) is 4.79 Å². The fraction of sp³-hybridized carbons (Fsp3) is 0.333. The highest BCUT2D eigenvalue weighted by molar-refractivity contribution is 7.12. The molecule has 2 aromatic rings. The Morgan fingerprint density at radius 1 is 1.35 bits per heavy atom. The van der Waals surface area contributed by atoms with E-state index in [2.05, 4.69) is 24.4 Å². The third-order valence-electron chi connectivity index (χ3n) is 3.67.